The highest BCUT2D eigenvalue weighted by Gasteiger charge is 2.28. The highest BCUT2D eigenvalue weighted by Crippen LogP contribution is 2.34. The van der Waals surface area contributed by atoms with Crippen molar-refractivity contribution in [1.29, 1.82) is 0 Å². The zero-order chi connectivity index (χ0) is 18.2. The summed E-state index contributed by atoms with van der Waals surface area (Å²) in [6, 6.07) is 3.90. The molecule has 0 saturated heterocycles. The van der Waals surface area contributed by atoms with Gasteiger partial charge in [-0.1, -0.05) is 5.16 Å². The highest BCUT2D eigenvalue weighted by molar-refractivity contribution is 7.89. The van der Waals surface area contributed by atoms with Crippen molar-refractivity contribution in [2.75, 3.05) is 12.1 Å². The minimum absolute atomic E-state index is 0.0600. The van der Waals surface area contributed by atoms with Crippen LogP contribution >= 0.6 is 0 Å². The number of aromatic nitrogens is 1. The number of benzene rings is 1. The minimum atomic E-state index is -3.94. The predicted octanol–water partition coefficient (Wildman–Crippen LogP) is 1.33. The van der Waals surface area contributed by atoms with Crippen LogP contribution in [0.15, 0.2) is 27.6 Å². The quantitative estimate of drug-likeness (QED) is 0.818. The van der Waals surface area contributed by atoms with E-state index in [-0.39, 0.29) is 23.1 Å². The Morgan fingerprint density at radius 1 is 1.24 bits per heavy atom. The van der Waals surface area contributed by atoms with E-state index in [2.05, 4.69) is 15.2 Å². The van der Waals surface area contributed by atoms with Crippen LogP contribution in [0.2, 0.25) is 0 Å². The molecule has 2 aromatic rings. The number of nitrogens with one attached hydrogen (secondary N) is 2. The van der Waals surface area contributed by atoms with E-state index in [1.54, 1.807) is 18.2 Å². The summed E-state index contributed by atoms with van der Waals surface area (Å²) >= 11 is 0. The van der Waals surface area contributed by atoms with Crippen LogP contribution in [0.4, 0.5) is 5.69 Å². The maximum atomic E-state index is 12.4. The number of hydrogen-bond acceptors (Lipinski definition) is 7. The fourth-order valence-corrected chi connectivity index (χ4v) is 3.96. The lowest BCUT2D eigenvalue weighted by molar-refractivity contribution is -0.117. The van der Waals surface area contributed by atoms with E-state index in [9.17, 15) is 13.2 Å². The molecule has 0 saturated carbocycles. The van der Waals surface area contributed by atoms with Crippen molar-refractivity contribution < 1.29 is 27.2 Å². The summed E-state index contributed by atoms with van der Waals surface area (Å²) in [4.78, 5) is 12.2. The summed E-state index contributed by atoms with van der Waals surface area (Å²) in [5.74, 6) is 0.745. The van der Waals surface area contributed by atoms with Gasteiger partial charge in [-0.2, -0.15) is 4.72 Å². The zero-order valence-electron chi connectivity index (χ0n) is 13.8. The summed E-state index contributed by atoms with van der Waals surface area (Å²) in [6.07, 6.45) is 0. The van der Waals surface area contributed by atoms with Crippen LogP contribution in [0.3, 0.4) is 0 Å². The molecule has 3 rings (SSSR count). The summed E-state index contributed by atoms with van der Waals surface area (Å²) in [5, 5.41) is 6.24. The standard InChI is InChI=1S/C15H17N3O6S/c1-8-14(10(3)24-17-8)25(20,21)18-9(2)15(19)16-11-4-5-12-13(6-11)23-7-22-12/h4-6,9,18H,7H2,1-3H3,(H,16,19)/t9-/m0/s1. The van der Waals surface area contributed by atoms with E-state index < -0.39 is 22.0 Å². The van der Waals surface area contributed by atoms with Gasteiger partial charge in [-0.05, 0) is 32.9 Å². The average Bonchev–Trinajstić information content (AvgIpc) is 3.12. The highest BCUT2D eigenvalue weighted by atomic mass is 32.2. The zero-order valence-corrected chi connectivity index (χ0v) is 14.6. The van der Waals surface area contributed by atoms with E-state index in [4.69, 9.17) is 14.0 Å². The Labute approximate surface area is 144 Å². The van der Waals surface area contributed by atoms with Gasteiger partial charge in [0.25, 0.3) is 0 Å². The smallest absolute Gasteiger partial charge is 0.246 e. The first kappa shape index (κ1) is 17.2. The number of carbonyl (C=O) groups excluding carboxylic acids is 1. The van der Waals surface area contributed by atoms with E-state index in [1.165, 1.54) is 20.8 Å². The largest absolute Gasteiger partial charge is 0.454 e. The first-order valence-corrected chi connectivity index (χ1v) is 8.92. The van der Waals surface area contributed by atoms with E-state index >= 15 is 0 Å². The molecule has 9 nitrogen and oxygen atoms in total. The Hall–Kier alpha value is -2.59. The van der Waals surface area contributed by atoms with E-state index in [0.29, 0.717) is 17.2 Å². The molecule has 1 aromatic carbocycles. The number of carbonyl (C=O) groups is 1. The predicted molar refractivity (Wildman–Crippen MR) is 87.0 cm³/mol. The third kappa shape index (κ3) is 3.44. The van der Waals surface area contributed by atoms with Crippen molar-refractivity contribution in [3.8, 4) is 11.5 Å². The minimum Gasteiger partial charge on any atom is -0.454 e. The Balaban J connectivity index is 1.70. The molecule has 25 heavy (non-hydrogen) atoms. The van der Waals surface area contributed by atoms with Crippen molar-refractivity contribution in [2.45, 2.75) is 31.7 Å². The first-order chi connectivity index (χ1) is 11.8. The topological polar surface area (TPSA) is 120 Å². The normalized spacial score (nSPS) is 14.4. The van der Waals surface area contributed by atoms with Gasteiger partial charge in [0.1, 0.15) is 10.6 Å². The van der Waals surface area contributed by atoms with Crippen molar-refractivity contribution in [3.63, 3.8) is 0 Å². The maximum Gasteiger partial charge on any atom is 0.246 e. The van der Waals surface area contributed by atoms with Gasteiger partial charge in [0.2, 0.25) is 22.7 Å². The molecule has 0 aliphatic carbocycles. The summed E-state index contributed by atoms with van der Waals surface area (Å²) in [7, 11) is -3.94. The van der Waals surface area contributed by atoms with Crippen LogP contribution in [0.1, 0.15) is 18.4 Å². The number of aryl methyl sites for hydroxylation is 2. The number of rotatable bonds is 5. The number of amides is 1. The number of ether oxygens (including phenoxy) is 2. The Morgan fingerprint density at radius 3 is 2.64 bits per heavy atom. The second-order valence-electron chi connectivity index (χ2n) is 5.55. The van der Waals surface area contributed by atoms with Gasteiger partial charge in [-0.3, -0.25) is 4.79 Å². The molecule has 2 heterocycles. The van der Waals surface area contributed by atoms with Crippen molar-refractivity contribution in [1.82, 2.24) is 9.88 Å². The lowest BCUT2D eigenvalue weighted by atomic mass is 10.2. The van der Waals surface area contributed by atoms with Gasteiger partial charge < -0.3 is 19.3 Å². The average molecular weight is 367 g/mol. The van der Waals surface area contributed by atoms with Crippen LogP contribution in [0.5, 0.6) is 11.5 Å². The number of fused-ring (bicyclic) bond motifs is 1. The van der Waals surface area contributed by atoms with Crippen molar-refractivity contribution >= 4 is 21.6 Å². The fraction of sp³-hybridized carbons (Fsp3) is 0.333. The van der Waals surface area contributed by atoms with Crippen LogP contribution in [0.25, 0.3) is 0 Å². The molecule has 0 fully saturated rings. The molecule has 1 aliphatic heterocycles. The van der Waals surface area contributed by atoms with Crippen molar-refractivity contribution in [3.05, 3.63) is 29.7 Å². The third-order valence-electron chi connectivity index (χ3n) is 3.60. The molecule has 0 bridgehead atoms. The monoisotopic (exact) mass is 367 g/mol. The number of nitrogens with zero attached hydrogens (tertiary/aromatic N) is 1. The lowest BCUT2D eigenvalue weighted by Gasteiger charge is -2.14. The van der Waals surface area contributed by atoms with Crippen molar-refractivity contribution in [2.24, 2.45) is 0 Å². The van der Waals surface area contributed by atoms with Crippen LogP contribution in [-0.4, -0.2) is 32.3 Å². The van der Waals surface area contributed by atoms with Gasteiger partial charge >= 0.3 is 0 Å². The molecule has 10 heteroatoms. The van der Waals surface area contributed by atoms with Crippen LogP contribution < -0.4 is 19.5 Å². The van der Waals surface area contributed by atoms with E-state index in [0.717, 1.165) is 0 Å². The first-order valence-electron chi connectivity index (χ1n) is 7.43. The molecule has 1 atom stereocenters. The molecule has 1 aliphatic rings. The van der Waals surface area contributed by atoms with Gasteiger partial charge in [-0.15, -0.1) is 0 Å². The number of sulfonamides is 1. The molecular formula is C15H17N3O6S. The number of anilines is 1. The molecule has 134 valence electrons. The second kappa shape index (κ2) is 6.37. The van der Waals surface area contributed by atoms with Crippen LogP contribution in [0, 0.1) is 13.8 Å². The molecule has 1 amide bonds. The summed E-state index contributed by atoms with van der Waals surface area (Å²) < 4.78 is 42.5. The van der Waals surface area contributed by atoms with Gasteiger partial charge in [0.05, 0.1) is 6.04 Å². The molecule has 0 spiro atoms. The van der Waals surface area contributed by atoms with Gasteiger partial charge in [0, 0.05) is 11.8 Å². The molecular weight excluding hydrogens is 350 g/mol. The van der Waals surface area contributed by atoms with Gasteiger partial charge in [0.15, 0.2) is 17.3 Å². The SMILES string of the molecule is Cc1noc(C)c1S(=O)(=O)N[C@@H](C)C(=O)Nc1ccc2c(c1)OCO2. The third-order valence-corrected chi connectivity index (χ3v) is 5.39. The maximum absolute atomic E-state index is 12.4. The Bertz CT molecular complexity index is 902. The van der Waals surface area contributed by atoms with Gasteiger partial charge in [-0.25, -0.2) is 8.42 Å². The lowest BCUT2D eigenvalue weighted by Crippen LogP contribution is -2.41. The summed E-state index contributed by atoms with van der Waals surface area (Å²) in [5.41, 5.74) is 0.700. The fourth-order valence-electron chi connectivity index (χ4n) is 2.43. The van der Waals surface area contributed by atoms with Crippen LogP contribution in [-0.2, 0) is 14.8 Å². The summed E-state index contributed by atoms with van der Waals surface area (Å²) in [6.45, 7) is 4.58. The molecule has 1 aromatic heterocycles. The molecule has 2 N–H and O–H groups in total. The Kier molecular flexibility index (Phi) is 4.39. The number of hydrogen-bond donors (Lipinski definition) is 2. The molecule has 0 unspecified atom stereocenters. The second-order valence-corrected chi connectivity index (χ2v) is 7.20. The van der Waals surface area contributed by atoms with E-state index in [1.807, 2.05) is 0 Å². The Morgan fingerprint density at radius 2 is 1.96 bits per heavy atom. The molecule has 0 radical (unpaired) electrons.